The molecule has 0 aliphatic rings. The molecule has 0 amide bonds. The largest absolute Gasteiger partial charge is 0.463 e. The lowest BCUT2D eigenvalue weighted by Gasteiger charge is -2.02. The maximum atomic E-state index is 11.5. The third-order valence-electron chi connectivity index (χ3n) is 2.40. The number of aromatic nitrogens is 4. The van der Waals surface area contributed by atoms with Gasteiger partial charge >= 0.3 is 5.97 Å². The molecule has 2 aromatic rings. The normalized spacial score (nSPS) is 10.7. The summed E-state index contributed by atoms with van der Waals surface area (Å²) in [5.74, 6) is -0.192. The molecule has 0 saturated heterocycles. The third-order valence-corrected chi connectivity index (χ3v) is 2.40. The molecular formula is C10H12N4O2. The molecule has 0 saturated carbocycles. The van der Waals surface area contributed by atoms with Crippen LogP contribution in [0.1, 0.15) is 23.2 Å². The van der Waals surface area contributed by atoms with Crippen LogP contribution in [0.3, 0.4) is 0 Å². The van der Waals surface area contributed by atoms with E-state index in [-0.39, 0.29) is 5.82 Å². The molecule has 0 aliphatic carbocycles. The van der Waals surface area contributed by atoms with Gasteiger partial charge in [0.1, 0.15) is 11.8 Å². The summed E-state index contributed by atoms with van der Waals surface area (Å²) < 4.78 is 6.40. The van der Waals surface area contributed by atoms with Crippen molar-refractivity contribution in [2.45, 2.75) is 20.4 Å². The molecule has 2 rings (SSSR count). The van der Waals surface area contributed by atoms with Crippen molar-refractivity contribution in [1.82, 2.24) is 19.5 Å². The van der Waals surface area contributed by atoms with Crippen molar-refractivity contribution < 1.29 is 9.53 Å². The van der Waals surface area contributed by atoms with Crippen LogP contribution in [0.4, 0.5) is 0 Å². The number of hydrogen-bond acceptors (Lipinski definition) is 5. The number of nitrogens with zero attached hydrogens (tertiary/aromatic N) is 4. The van der Waals surface area contributed by atoms with Gasteiger partial charge in [-0.25, -0.2) is 19.7 Å². The summed E-state index contributed by atoms with van der Waals surface area (Å²) in [4.78, 5) is 23.9. The van der Waals surface area contributed by atoms with E-state index in [2.05, 4.69) is 19.7 Å². The summed E-state index contributed by atoms with van der Waals surface area (Å²) in [7, 11) is 1.33. The Kier molecular flexibility index (Phi) is 2.55. The van der Waals surface area contributed by atoms with Gasteiger partial charge in [0.15, 0.2) is 5.65 Å². The molecule has 2 aromatic heterocycles. The summed E-state index contributed by atoms with van der Waals surface area (Å²) in [6.45, 7) is 4.36. The molecule has 0 unspecified atom stereocenters. The number of hydrogen-bond donors (Lipinski definition) is 0. The van der Waals surface area contributed by atoms with Gasteiger partial charge in [0.2, 0.25) is 5.82 Å². The zero-order valence-corrected chi connectivity index (χ0v) is 9.39. The second kappa shape index (κ2) is 3.88. The van der Waals surface area contributed by atoms with Gasteiger partial charge in [0, 0.05) is 6.54 Å². The molecule has 2 heterocycles. The number of ether oxygens (including phenoxy) is 1. The van der Waals surface area contributed by atoms with Crippen molar-refractivity contribution >= 4 is 17.1 Å². The first kappa shape index (κ1) is 10.5. The van der Waals surface area contributed by atoms with Crippen LogP contribution in [-0.4, -0.2) is 32.6 Å². The predicted molar refractivity (Wildman–Crippen MR) is 57.1 cm³/mol. The maximum absolute atomic E-state index is 11.5. The van der Waals surface area contributed by atoms with Gasteiger partial charge in [0.25, 0.3) is 0 Å². The van der Waals surface area contributed by atoms with E-state index in [9.17, 15) is 4.79 Å². The van der Waals surface area contributed by atoms with E-state index in [1.165, 1.54) is 13.4 Å². The third kappa shape index (κ3) is 1.42. The van der Waals surface area contributed by atoms with Crippen molar-refractivity contribution in [3.05, 3.63) is 17.8 Å². The minimum absolute atomic E-state index is 0.267. The Morgan fingerprint density at radius 2 is 2.25 bits per heavy atom. The Hall–Kier alpha value is -1.98. The highest BCUT2D eigenvalue weighted by Gasteiger charge is 2.19. The number of methoxy groups -OCH3 is 1. The zero-order valence-electron chi connectivity index (χ0n) is 9.39. The number of esters is 1. The van der Waals surface area contributed by atoms with Gasteiger partial charge in [-0.2, -0.15) is 0 Å². The van der Waals surface area contributed by atoms with Crippen molar-refractivity contribution in [2.75, 3.05) is 7.11 Å². The van der Waals surface area contributed by atoms with E-state index in [1.54, 1.807) is 4.57 Å². The first-order chi connectivity index (χ1) is 7.69. The summed E-state index contributed by atoms with van der Waals surface area (Å²) in [5, 5.41) is 0. The number of carbonyl (C=O) groups is 1. The van der Waals surface area contributed by atoms with Crippen LogP contribution in [0.25, 0.3) is 11.2 Å². The number of rotatable bonds is 2. The van der Waals surface area contributed by atoms with Gasteiger partial charge in [-0.15, -0.1) is 0 Å². The van der Waals surface area contributed by atoms with E-state index < -0.39 is 5.97 Å². The van der Waals surface area contributed by atoms with E-state index in [0.29, 0.717) is 17.7 Å². The molecule has 0 fully saturated rings. The van der Waals surface area contributed by atoms with Gasteiger partial charge < -0.3 is 9.30 Å². The molecule has 6 heteroatoms. The predicted octanol–water partition coefficient (Wildman–Crippen LogP) is 0.941. The fourth-order valence-electron chi connectivity index (χ4n) is 1.60. The summed E-state index contributed by atoms with van der Waals surface area (Å²) in [6, 6.07) is 0. The lowest BCUT2D eigenvalue weighted by Crippen LogP contribution is -2.11. The Balaban J connectivity index is 2.76. The highest BCUT2D eigenvalue weighted by molar-refractivity contribution is 5.90. The molecule has 16 heavy (non-hydrogen) atoms. The Morgan fingerprint density at radius 3 is 2.88 bits per heavy atom. The average Bonchev–Trinajstić information content (AvgIpc) is 2.68. The molecule has 0 aliphatic heterocycles. The quantitative estimate of drug-likeness (QED) is 0.704. The Bertz CT molecular complexity index is 547. The topological polar surface area (TPSA) is 69.9 Å². The molecule has 0 N–H and O–H groups in total. The lowest BCUT2D eigenvalue weighted by molar-refractivity contribution is 0.0582. The summed E-state index contributed by atoms with van der Waals surface area (Å²) in [6.07, 6.45) is 1.46. The molecule has 0 aromatic carbocycles. The molecule has 0 bridgehead atoms. The van der Waals surface area contributed by atoms with Crippen molar-refractivity contribution in [3.63, 3.8) is 0 Å². The van der Waals surface area contributed by atoms with Crippen LogP contribution >= 0.6 is 0 Å². The van der Waals surface area contributed by atoms with E-state index in [4.69, 9.17) is 0 Å². The van der Waals surface area contributed by atoms with E-state index in [0.717, 1.165) is 5.69 Å². The molecule has 84 valence electrons. The molecule has 0 spiro atoms. The summed E-state index contributed by atoms with van der Waals surface area (Å²) in [5.41, 5.74) is 2.06. The maximum Gasteiger partial charge on any atom is 0.374 e. The lowest BCUT2D eigenvalue weighted by atomic mass is 10.4. The Labute approximate surface area is 92.3 Å². The fourth-order valence-corrected chi connectivity index (χ4v) is 1.60. The van der Waals surface area contributed by atoms with Crippen LogP contribution in [-0.2, 0) is 11.3 Å². The van der Waals surface area contributed by atoms with Crippen molar-refractivity contribution in [3.8, 4) is 0 Å². The molecule has 0 radical (unpaired) electrons. The second-order valence-corrected chi connectivity index (χ2v) is 3.30. The molecule has 0 atom stereocenters. The minimum Gasteiger partial charge on any atom is -0.463 e. The highest BCUT2D eigenvalue weighted by atomic mass is 16.5. The van der Waals surface area contributed by atoms with E-state index in [1.807, 2.05) is 13.8 Å². The van der Waals surface area contributed by atoms with Gasteiger partial charge in [0.05, 0.1) is 12.8 Å². The smallest absolute Gasteiger partial charge is 0.374 e. The number of fused-ring (bicyclic) bond motifs is 1. The van der Waals surface area contributed by atoms with Crippen LogP contribution in [0, 0.1) is 6.92 Å². The van der Waals surface area contributed by atoms with Crippen molar-refractivity contribution in [2.24, 2.45) is 0 Å². The summed E-state index contributed by atoms with van der Waals surface area (Å²) >= 11 is 0. The van der Waals surface area contributed by atoms with Gasteiger partial charge in [-0.3, -0.25) is 0 Å². The fraction of sp³-hybridized carbons (Fsp3) is 0.400. The minimum atomic E-state index is -0.459. The zero-order chi connectivity index (χ0) is 11.7. The Morgan fingerprint density at radius 1 is 1.50 bits per heavy atom. The SMILES string of the molecule is CCn1c(C(=O)OC)nc2c(C)ncnc21. The van der Waals surface area contributed by atoms with Gasteiger partial charge in [-0.05, 0) is 13.8 Å². The van der Waals surface area contributed by atoms with Crippen LogP contribution in [0.5, 0.6) is 0 Å². The molecular weight excluding hydrogens is 208 g/mol. The van der Waals surface area contributed by atoms with Crippen LogP contribution in [0.15, 0.2) is 6.33 Å². The average molecular weight is 220 g/mol. The first-order valence-electron chi connectivity index (χ1n) is 4.95. The number of carbonyl (C=O) groups excluding carboxylic acids is 1. The highest BCUT2D eigenvalue weighted by Crippen LogP contribution is 2.16. The van der Waals surface area contributed by atoms with E-state index >= 15 is 0 Å². The number of aryl methyl sites for hydroxylation is 2. The molecule has 6 nitrogen and oxygen atoms in total. The first-order valence-corrected chi connectivity index (χ1v) is 4.95. The van der Waals surface area contributed by atoms with Crippen LogP contribution in [0.2, 0.25) is 0 Å². The standard InChI is InChI=1S/C10H12N4O2/c1-4-14-8-7(6(2)11-5-12-8)13-9(14)10(15)16-3/h5H,4H2,1-3H3. The van der Waals surface area contributed by atoms with Crippen molar-refractivity contribution in [1.29, 1.82) is 0 Å². The van der Waals surface area contributed by atoms with Crippen LogP contribution < -0.4 is 0 Å². The second-order valence-electron chi connectivity index (χ2n) is 3.30. The number of imidazole rings is 1. The monoisotopic (exact) mass is 220 g/mol. The van der Waals surface area contributed by atoms with Gasteiger partial charge in [-0.1, -0.05) is 0 Å².